The normalized spacial score (nSPS) is 12.5. The molecule has 0 N–H and O–H groups in total. The van der Waals surface area contributed by atoms with Crippen molar-refractivity contribution in [3.63, 3.8) is 0 Å². The molecule has 0 heterocycles. The molecule has 1 atom stereocenters. The average molecular weight is 924 g/mol. The van der Waals surface area contributed by atoms with Gasteiger partial charge >= 0.3 is 17.9 Å². The van der Waals surface area contributed by atoms with Crippen LogP contribution in [0.1, 0.15) is 284 Å². The van der Waals surface area contributed by atoms with E-state index in [4.69, 9.17) is 14.2 Å². The molecule has 0 aromatic heterocycles. The lowest BCUT2D eigenvalue weighted by molar-refractivity contribution is -0.167. The summed E-state index contributed by atoms with van der Waals surface area (Å²) < 4.78 is 16.8. The van der Waals surface area contributed by atoms with Crippen molar-refractivity contribution < 1.29 is 28.6 Å². The lowest BCUT2D eigenvalue weighted by atomic mass is 10.0. The van der Waals surface area contributed by atoms with E-state index in [-0.39, 0.29) is 31.1 Å². The highest BCUT2D eigenvalue weighted by Gasteiger charge is 2.19. The van der Waals surface area contributed by atoms with Crippen molar-refractivity contribution in [2.24, 2.45) is 0 Å². The maximum absolute atomic E-state index is 12.8. The third-order valence-corrected chi connectivity index (χ3v) is 12.3. The zero-order chi connectivity index (χ0) is 47.9. The maximum Gasteiger partial charge on any atom is 0.306 e. The molecule has 6 nitrogen and oxygen atoms in total. The van der Waals surface area contributed by atoms with Gasteiger partial charge in [0.25, 0.3) is 0 Å². The zero-order valence-corrected chi connectivity index (χ0v) is 43.7. The van der Waals surface area contributed by atoms with Crippen LogP contribution in [-0.4, -0.2) is 37.2 Å². The first-order valence-electron chi connectivity index (χ1n) is 28.3. The number of hydrogen-bond acceptors (Lipinski definition) is 6. The van der Waals surface area contributed by atoms with Crippen LogP contribution in [0, 0.1) is 0 Å². The van der Waals surface area contributed by atoms with Crippen molar-refractivity contribution in [1.82, 2.24) is 0 Å². The predicted octanol–water partition coefficient (Wildman–Crippen LogP) is 18.8. The Bertz CT molecular complexity index is 1200. The van der Waals surface area contributed by atoms with Crippen molar-refractivity contribution in [3.05, 3.63) is 60.8 Å². The summed E-state index contributed by atoms with van der Waals surface area (Å²) in [7, 11) is 0. The molecular formula is C60H106O6. The van der Waals surface area contributed by atoms with Crippen LogP contribution in [0.5, 0.6) is 0 Å². The molecule has 0 amide bonds. The molecule has 0 aliphatic heterocycles. The predicted molar refractivity (Wildman–Crippen MR) is 284 cm³/mol. The summed E-state index contributed by atoms with van der Waals surface area (Å²) in [5.41, 5.74) is 0. The Kier molecular flexibility index (Phi) is 52.3. The van der Waals surface area contributed by atoms with Gasteiger partial charge in [0.2, 0.25) is 0 Å². The molecule has 0 fully saturated rings. The van der Waals surface area contributed by atoms with Crippen molar-refractivity contribution in [2.45, 2.75) is 290 Å². The number of carbonyl (C=O) groups is 3. The van der Waals surface area contributed by atoms with Gasteiger partial charge in [-0.3, -0.25) is 14.4 Å². The van der Waals surface area contributed by atoms with E-state index in [1.54, 1.807) is 0 Å². The van der Waals surface area contributed by atoms with E-state index in [1.807, 2.05) is 0 Å². The molecule has 66 heavy (non-hydrogen) atoms. The van der Waals surface area contributed by atoms with E-state index in [0.29, 0.717) is 19.3 Å². The van der Waals surface area contributed by atoms with Crippen LogP contribution in [0.15, 0.2) is 60.8 Å². The molecule has 0 rings (SSSR count). The van der Waals surface area contributed by atoms with Crippen LogP contribution < -0.4 is 0 Å². The molecule has 0 spiro atoms. The Balaban J connectivity index is 4.38. The molecule has 0 aliphatic rings. The highest BCUT2D eigenvalue weighted by atomic mass is 16.6. The zero-order valence-electron chi connectivity index (χ0n) is 43.7. The van der Waals surface area contributed by atoms with E-state index >= 15 is 0 Å². The Morgan fingerprint density at radius 3 is 0.955 bits per heavy atom. The van der Waals surface area contributed by atoms with Gasteiger partial charge in [0.05, 0.1) is 0 Å². The quantitative estimate of drug-likeness (QED) is 0.0262. The lowest BCUT2D eigenvalue weighted by Gasteiger charge is -2.18. The van der Waals surface area contributed by atoms with Crippen LogP contribution in [0.25, 0.3) is 0 Å². The summed E-state index contributed by atoms with van der Waals surface area (Å²) in [6.07, 6.45) is 67.8. The van der Waals surface area contributed by atoms with Crippen LogP contribution >= 0.6 is 0 Å². The molecular weight excluding hydrogens is 817 g/mol. The number of carbonyl (C=O) groups excluding carboxylic acids is 3. The molecule has 382 valence electrons. The smallest absolute Gasteiger partial charge is 0.306 e. The number of rotatable bonds is 51. The fraction of sp³-hybridized carbons (Fsp3) is 0.783. The number of allylic oxidation sites excluding steroid dienone is 10. The van der Waals surface area contributed by atoms with Gasteiger partial charge in [-0.1, -0.05) is 242 Å². The van der Waals surface area contributed by atoms with Crippen molar-refractivity contribution >= 4 is 17.9 Å². The van der Waals surface area contributed by atoms with Crippen LogP contribution in [-0.2, 0) is 28.6 Å². The van der Waals surface area contributed by atoms with Gasteiger partial charge in [0.15, 0.2) is 6.10 Å². The van der Waals surface area contributed by atoms with E-state index in [0.717, 1.165) is 116 Å². The number of hydrogen-bond donors (Lipinski definition) is 0. The van der Waals surface area contributed by atoms with Crippen LogP contribution in [0.3, 0.4) is 0 Å². The molecule has 0 aromatic rings. The second-order valence-electron chi connectivity index (χ2n) is 18.8. The molecule has 0 saturated heterocycles. The SMILES string of the molecule is CC/C=C/C/C=C/C/C=C/CCCCCCCC(=O)O[C@H](COC(=O)CCCCCCC/C=C/C/C=C/CCCCC)COC(=O)CCCCCCCCCCCCCCCCCCCC. The van der Waals surface area contributed by atoms with Gasteiger partial charge in [-0.05, 0) is 83.5 Å². The van der Waals surface area contributed by atoms with Gasteiger partial charge < -0.3 is 14.2 Å². The Labute approximate surface area is 409 Å². The monoisotopic (exact) mass is 923 g/mol. The Hall–Kier alpha value is -2.89. The standard InChI is InChI=1S/C60H106O6/c1-4-7-10-13-16-19-22-25-28-29-30-33-35-38-41-44-47-50-53-59(62)65-56-57(66-60(63)54-51-48-45-42-39-36-32-27-24-21-18-15-12-9-6-3)55-64-58(61)52-49-46-43-40-37-34-31-26-23-20-17-14-11-8-5-2/h9,12,17-18,20-21,26-27,31-32,57H,4-8,10-11,13-16,19,22-25,28-30,33-56H2,1-3H3/b12-9+,20-17+,21-18+,31-26+,32-27+/t57-/m1/s1. The van der Waals surface area contributed by atoms with E-state index in [9.17, 15) is 14.4 Å². The van der Waals surface area contributed by atoms with Gasteiger partial charge in [-0.15, -0.1) is 0 Å². The molecule has 0 aromatic carbocycles. The van der Waals surface area contributed by atoms with Gasteiger partial charge in [0, 0.05) is 19.3 Å². The minimum Gasteiger partial charge on any atom is -0.462 e. The number of ether oxygens (including phenoxy) is 3. The number of unbranched alkanes of at least 4 members (excludes halogenated alkanes) is 30. The topological polar surface area (TPSA) is 78.9 Å². The summed E-state index contributed by atoms with van der Waals surface area (Å²) in [4.78, 5) is 38.1. The highest BCUT2D eigenvalue weighted by molar-refractivity contribution is 5.71. The van der Waals surface area contributed by atoms with Crippen LogP contribution in [0.4, 0.5) is 0 Å². The number of esters is 3. The summed E-state index contributed by atoms with van der Waals surface area (Å²) in [6, 6.07) is 0. The highest BCUT2D eigenvalue weighted by Crippen LogP contribution is 2.16. The van der Waals surface area contributed by atoms with Crippen molar-refractivity contribution in [2.75, 3.05) is 13.2 Å². The lowest BCUT2D eigenvalue weighted by Crippen LogP contribution is -2.30. The Morgan fingerprint density at radius 2 is 0.591 bits per heavy atom. The summed E-state index contributed by atoms with van der Waals surface area (Å²) >= 11 is 0. The summed E-state index contributed by atoms with van der Waals surface area (Å²) in [5, 5.41) is 0. The summed E-state index contributed by atoms with van der Waals surface area (Å²) in [6.45, 7) is 6.50. The summed E-state index contributed by atoms with van der Waals surface area (Å²) in [5.74, 6) is -0.904. The third-order valence-electron chi connectivity index (χ3n) is 12.3. The molecule has 0 saturated carbocycles. The van der Waals surface area contributed by atoms with Crippen molar-refractivity contribution in [1.29, 1.82) is 0 Å². The van der Waals surface area contributed by atoms with Crippen LogP contribution in [0.2, 0.25) is 0 Å². The van der Waals surface area contributed by atoms with E-state index in [1.165, 1.54) is 128 Å². The minimum absolute atomic E-state index is 0.0835. The molecule has 0 bridgehead atoms. The van der Waals surface area contributed by atoms with Crippen molar-refractivity contribution in [3.8, 4) is 0 Å². The fourth-order valence-corrected chi connectivity index (χ4v) is 8.02. The first-order valence-corrected chi connectivity index (χ1v) is 28.3. The largest absolute Gasteiger partial charge is 0.462 e. The van der Waals surface area contributed by atoms with Gasteiger partial charge in [-0.25, -0.2) is 0 Å². The van der Waals surface area contributed by atoms with Gasteiger partial charge in [-0.2, -0.15) is 0 Å². The molecule has 0 radical (unpaired) electrons. The Morgan fingerprint density at radius 1 is 0.318 bits per heavy atom. The molecule has 0 aliphatic carbocycles. The molecule has 0 unspecified atom stereocenters. The average Bonchev–Trinajstić information content (AvgIpc) is 3.31. The fourth-order valence-electron chi connectivity index (χ4n) is 8.02. The van der Waals surface area contributed by atoms with Gasteiger partial charge in [0.1, 0.15) is 13.2 Å². The second kappa shape index (κ2) is 54.7. The maximum atomic E-state index is 12.8. The van der Waals surface area contributed by atoms with E-state index in [2.05, 4.69) is 81.5 Å². The third kappa shape index (κ3) is 52.1. The second-order valence-corrected chi connectivity index (χ2v) is 18.8. The van der Waals surface area contributed by atoms with E-state index < -0.39 is 6.10 Å². The minimum atomic E-state index is -0.787. The first kappa shape index (κ1) is 63.1. The first-order chi connectivity index (χ1) is 32.5. The molecule has 6 heteroatoms.